The maximum Gasteiger partial charge on any atom is 0.232 e. The Hall–Kier alpha value is -1.70. The summed E-state index contributed by atoms with van der Waals surface area (Å²) < 4.78 is 51.0. The number of carbonyl (C=O) groups is 1. The molecule has 1 rings (SSSR count). The fourth-order valence-corrected chi connectivity index (χ4v) is 3.19. The third-order valence-corrected chi connectivity index (χ3v) is 4.65. The third-order valence-electron chi connectivity index (χ3n) is 3.46. The van der Waals surface area contributed by atoms with Gasteiger partial charge in [-0.25, -0.2) is 17.2 Å². The van der Waals surface area contributed by atoms with Crippen LogP contribution in [0.1, 0.15) is 26.7 Å². The van der Waals surface area contributed by atoms with Crippen LogP contribution in [0.25, 0.3) is 0 Å². The number of benzene rings is 1. The molecule has 0 unspecified atom stereocenters. The van der Waals surface area contributed by atoms with E-state index in [1.54, 1.807) is 4.90 Å². The quantitative estimate of drug-likeness (QED) is 0.725. The van der Waals surface area contributed by atoms with Crippen LogP contribution in [0.2, 0.25) is 0 Å². The van der Waals surface area contributed by atoms with Gasteiger partial charge in [-0.15, -0.1) is 0 Å². The van der Waals surface area contributed by atoms with Gasteiger partial charge in [-0.05, 0) is 32.4 Å². The molecule has 0 bridgehead atoms. The molecular weight excluding hydrogens is 326 g/mol. The van der Waals surface area contributed by atoms with Crippen LogP contribution in [0.3, 0.4) is 0 Å². The molecule has 0 heterocycles. The standard InChI is InChI=1S/C15H22F2N2O3S/c1-4-18(5-2)15(20)7-6-10-19(23(3,21)22)12-8-9-13(16)14(17)11-12/h8-9,11H,4-7,10H2,1-3H3. The molecule has 0 radical (unpaired) electrons. The van der Waals surface area contributed by atoms with E-state index < -0.39 is 21.7 Å². The molecule has 1 aromatic rings. The summed E-state index contributed by atoms with van der Waals surface area (Å²) >= 11 is 0. The summed E-state index contributed by atoms with van der Waals surface area (Å²) in [6, 6.07) is 2.91. The SMILES string of the molecule is CCN(CC)C(=O)CCCN(c1ccc(F)c(F)c1)S(C)(=O)=O. The number of anilines is 1. The Morgan fingerprint density at radius 2 is 1.74 bits per heavy atom. The lowest BCUT2D eigenvalue weighted by molar-refractivity contribution is -0.130. The van der Waals surface area contributed by atoms with Crippen molar-refractivity contribution in [2.75, 3.05) is 30.2 Å². The molecule has 130 valence electrons. The molecule has 0 aliphatic carbocycles. The van der Waals surface area contributed by atoms with E-state index in [0.29, 0.717) is 19.5 Å². The van der Waals surface area contributed by atoms with Crippen LogP contribution < -0.4 is 4.31 Å². The fourth-order valence-electron chi connectivity index (χ4n) is 2.23. The highest BCUT2D eigenvalue weighted by atomic mass is 32.2. The molecule has 0 aliphatic rings. The number of hydrogen-bond acceptors (Lipinski definition) is 3. The smallest absolute Gasteiger partial charge is 0.232 e. The lowest BCUT2D eigenvalue weighted by Gasteiger charge is -2.23. The molecule has 0 fully saturated rings. The zero-order valence-electron chi connectivity index (χ0n) is 13.6. The topological polar surface area (TPSA) is 57.7 Å². The average Bonchev–Trinajstić information content (AvgIpc) is 2.47. The summed E-state index contributed by atoms with van der Waals surface area (Å²) in [5.74, 6) is -2.22. The van der Waals surface area contributed by atoms with Gasteiger partial charge >= 0.3 is 0 Å². The van der Waals surface area contributed by atoms with Crippen LogP contribution in [0, 0.1) is 11.6 Å². The lowest BCUT2D eigenvalue weighted by Crippen LogP contribution is -2.33. The van der Waals surface area contributed by atoms with E-state index >= 15 is 0 Å². The van der Waals surface area contributed by atoms with Crippen LogP contribution >= 0.6 is 0 Å². The number of halogens is 2. The number of sulfonamides is 1. The van der Waals surface area contributed by atoms with Gasteiger partial charge in [0.25, 0.3) is 0 Å². The van der Waals surface area contributed by atoms with Crippen molar-refractivity contribution in [3.05, 3.63) is 29.8 Å². The fraction of sp³-hybridized carbons (Fsp3) is 0.533. The molecule has 0 aliphatic heterocycles. The zero-order valence-corrected chi connectivity index (χ0v) is 14.4. The van der Waals surface area contributed by atoms with Gasteiger partial charge in [0.05, 0.1) is 11.9 Å². The van der Waals surface area contributed by atoms with E-state index in [0.717, 1.165) is 22.7 Å². The minimum atomic E-state index is -3.66. The van der Waals surface area contributed by atoms with E-state index in [1.165, 1.54) is 6.07 Å². The predicted octanol–water partition coefficient (Wildman–Crippen LogP) is 2.38. The van der Waals surface area contributed by atoms with E-state index in [9.17, 15) is 22.0 Å². The first-order valence-electron chi connectivity index (χ1n) is 7.41. The second-order valence-electron chi connectivity index (χ2n) is 5.10. The van der Waals surface area contributed by atoms with E-state index in [-0.39, 0.29) is 24.6 Å². The first kappa shape index (κ1) is 19.3. The van der Waals surface area contributed by atoms with E-state index in [4.69, 9.17) is 0 Å². The van der Waals surface area contributed by atoms with Crippen LogP contribution in [0.4, 0.5) is 14.5 Å². The normalized spacial score (nSPS) is 11.3. The molecule has 0 saturated heterocycles. The van der Waals surface area contributed by atoms with Gasteiger partial charge in [-0.1, -0.05) is 0 Å². The highest BCUT2D eigenvalue weighted by molar-refractivity contribution is 7.92. The minimum absolute atomic E-state index is 0.0247. The Morgan fingerprint density at radius 3 is 2.22 bits per heavy atom. The Bertz CT molecular complexity index is 646. The van der Waals surface area contributed by atoms with Gasteiger partial charge in [-0.3, -0.25) is 9.10 Å². The monoisotopic (exact) mass is 348 g/mol. The Balaban J connectivity index is 2.82. The molecule has 1 aromatic carbocycles. The van der Waals surface area contributed by atoms with Crippen molar-refractivity contribution in [1.29, 1.82) is 0 Å². The van der Waals surface area contributed by atoms with Gasteiger partial charge in [0.2, 0.25) is 15.9 Å². The first-order chi connectivity index (χ1) is 10.7. The highest BCUT2D eigenvalue weighted by Crippen LogP contribution is 2.21. The van der Waals surface area contributed by atoms with Gasteiger partial charge in [0.15, 0.2) is 11.6 Å². The summed E-state index contributed by atoms with van der Waals surface area (Å²) in [5.41, 5.74) is 0.0432. The van der Waals surface area contributed by atoms with E-state index in [1.807, 2.05) is 13.8 Å². The molecule has 23 heavy (non-hydrogen) atoms. The molecule has 0 N–H and O–H groups in total. The van der Waals surface area contributed by atoms with Crippen molar-refractivity contribution in [2.45, 2.75) is 26.7 Å². The zero-order chi connectivity index (χ0) is 17.6. The highest BCUT2D eigenvalue weighted by Gasteiger charge is 2.19. The molecule has 0 spiro atoms. The number of rotatable bonds is 8. The minimum Gasteiger partial charge on any atom is -0.343 e. The van der Waals surface area contributed by atoms with Crippen molar-refractivity contribution >= 4 is 21.6 Å². The maximum atomic E-state index is 13.3. The van der Waals surface area contributed by atoms with Crippen molar-refractivity contribution in [3.8, 4) is 0 Å². The summed E-state index contributed by atoms with van der Waals surface area (Å²) in [5, 5.41) is 0. The van der Waals surface area contributed by atoms with Crippen molar-refractivity contribution < 1.29 is 22.0 Å². The third kappa shape index (κ3) is 5.46. The average molecular weight is 348 g/mol. The second kappa shape index (κ2) is 8.24. The number of nitrogens with zero attached hydrogens (tertiary/aromatic N) is 2. The number of amides is 1. The molecular formula is C15H22F2N2O3S. The van der Waals surface area contributed by atoms with Gasteiger partial charge in [-0.2, -0.15) is 0 Å². The molecule has 0 atom stereocenters. The molecule has 0 aromatic heterocycles. The Morgan fingerprint density at radius 1 is 1.13 bits per heavy atom. The summed E-state index contributed by atoms with van der Waals surface area (Å²) in [6.07, 6.45) is 1.47. The number of hydrogen-bond donors (Lipinski definition) is 0. The summed E-state index contributed by atoms with van der Waals surface area (Å²) in [7, 11) is -3.66. The van der Waals surface area contributed by atoms with Crippen LogP contribution in [0.5, 0.6) is 0 Å². The number of carbonyl (C=O) groups excluding carboxylic acids is 1. The first-order valence-corrected chi connectivity index (χ1v) is 9.26. The van der Waals surface area contributed by atoms with Gasteiger partial charge in [0.1, 0.15) is 0 Å². The van der Waals surface area contributed by atoms with Gasteiger partial charge in [0, 0.05) is 32.1 Å². The van der Waals surface area contributed by atoms with Crippen molar-refractivity contribution in [1.82, 2.24) is 4.90 Å². The van der Waals surface area contributed by atoms with Crippen LogP contribution in [-0.2, 0) is 14.8 Å². The molecule has 0 saturated carbocycles. The summed E-state index contributed by atoms with van der Waals surface area (Å²) in [4.78, 5) is 13.6. The lowest BCUT2D eigenvalue weighted by atomic mass is 10.2. The maximum absolute atomic E-state index is 13.3. The molecule has 8 heteroatoms. The van der Waals surface area contributed by atoms with Crippen LogP contribution in [0.15, 0.2) is 18.2 Å². The van der Waals surface area contributed by atoms with Crippen LogP contribution in [-0.4, -0.2) is 45.1 Å². The Labute approximate surface area is 135 Å². The van der Waals surface area contributed by atoms with E-state index in [2.05, 4.69) is 0 Å². The molecule has 1 amide bonds. The van der Waals surface area contributed by atoms with Crippen molar-refractivity contribution in [2.24, 2.45) is 0 Å². The van der Waals surface area contributed by atoms with Crippen molar-refractivity contribution in [3.63, 3.8) is 0 Å². The summed E-state index contributed by atoms with van der Waals surface area (Å²) in [6.45, 7) is 4.94. The Kier molecular flexibility index (Phi) is 6.93. The molecule has 5 nitrogen and oxygen atoms in total. The predicted molar refractivity (Wildman–Crippen MR) is 85.7 cm³/mol. The van der Waals surface area contributed by atoms with Gasteiger partial charge < -0.3 is 4.90 Å². The largest absolute Gasteiger partial charge is 0.343 e. The second-order valence-corrected chi connectivity index (χ2v) is 7.01.